The number of aliphatic hydroxyl groups excluding tert-OH is 1. The molecular formula is C12H9BrClFO2. The topological polar surface area (TPSA) is 33.4 Å². The lowest BCUT2D eigenvalue weighted by molar-refractivity contribution is 0.176. The maximum atomic E-state index is 13.1. The van der Waals surface area contributed by atoms with Crippen molar-refractivity contribution in [3.63, 3.8) is 0 Å². The van der Waals surface area contributed by atoms with E-state index in [1.165, 1.54) is 24.5 Å². The van der Waals surface area contributed by atoms with E-state index < -0.39 is 6.10 Å². The number of furan rings is 1. The highest BCUT2D eigenvalue weighted by molar-refractivity contribution is 9.10. The van der Waals surface area contributed by atoms with Gasteiger partial charge in [-0.3, -0.25) is 0 Å². The molecule has 0 amide bonds. The fourth-order valence-electron chi connectivity index (χ4n) is 1.56. The molecule has 1 atom stereocenters. The lowest BCUT2D eigenvalue weighted by Crippen LogP contribution is -2.02. The van der Waals surface area contributed by atoms with Crippen LogP contribution in [0.25, 0.3) is 0 Å². The van der Waals surface area contributed by atoms with Gasteiger partial charge in [0, 0.05) is 17.0 Å². The van der Waals surface area contributed by atoms with Gasteiger partial charge >= 0.3 is 0 Å². The number of hydrogen-bond acceptors (Lipinski definition) is 2. The predicted molar refractivity (Wildman–Crippen MR) is 66.5 cm³/mol. The van der Waals surface area contributed by atoms with Crippen LogP contribution in [0.5, 0.6) is 0 Å². The molecule has 0 bridgehead atoms. The van der Waals surface area contributed by atoms with E-state index in [0.29, 0.717) is 20.8 Å². The highest BCUT2D eigenvalue weighted by atomic mass is 79.9. The molecule has 1 unspecified atom stereocenters. The molecule has 0 spiro atoms. The quantitative estimate of drug-likeness (QED) is 0.923. The summed E-state index contributed by atoms with van der Waals surface area (Å²) in [6.45, 7) is 0. The molecular weight excluding hydrogens is 310 g/mol. The molecule has 0 aliphatic rings. The van der Waals surface area contributed by atoms with Crippen LogP contribution < -0.4 is 0 Å². The second-order valence-electron chi connectivity index (χ2n) is 3.61. The van der Waals surface area contributed by atoms with Crippen LogP contribution in [0.2, 0.25) is 5.02 Å². The first-order valence-electron chi connectivity index (χ1n) is 4.93. The highest BCUT2D eigenvalue weighted by Gasteiger charge is 2.16. The van der Waals surface area contributed by atoms with Gasteiger partial charge in [0.25, 0.3) is 0 Å². The Hall–Kier alpha value is -0.840. The molecule has 0 fully saturated rings. The van der Waals surface area contributed by atoms with Gasteiger partial charge in [0.05, 0.1) is 12.4 Å². The van der Waals surface area contributed by atoms with Crippen LogP contribution in [-0.2, 0) is 6.42 Å². The third-order valence-electron chi connectivity index (χ3n) is 2.43. The average molecular weight is 320 g/mol. The summed E-state index contributed by atoms with van der Waals surface area (Å²) in [5, 5.41) is 10.4. The minimum absolute atomic E-state index is 0.231. The van der Waals surface area contributed by atoms with E-state index in [1.54, 1.807) is 6.07 Å². The molecule has 5 heteroatoms. The van der Waals surface area contributed by atoms with Crippen molar-refractivity contribution in [3.05, 3.63) is 57.2 Å². The van der Waals surface area contributed by atoms with E-state index >= 15 is 0 Å². The van der Waals surface area contributed by atoms with Crippen molar-refractivity contribution >= 4 is 27.5 Å². The Morgan fingerprint density at radius 2 is 2.18 bits per heavy atom. The van der Waals surface area contributed by atoms with Gasteiger partial charge in [0.2, 0.25) is 0 Å². The van der Waals surface area contributed by atoms with Crippen LogP contribution in [0.15, 0.2) is 39.6 Å². The Kier molecular flexibility index (Phi) is 3.86. The fourth-order valence-corrected chi connectivity index (χ4v) is 2.26. The molecule has 0 aliphatic heterocycles. The lowest BCUT2D eigenvalue weighted by atomic mass is 10.0. The number of rotatable bonds is 3. The summed E-state index contributed by atoms with van der Waals surface area (Å²) in [6, 6.07) is 5.73. The van der Waals surface area contributed by atoms with Crippen molar-refractivity contribution in [3.8, 4) is 0 Å². The number of halogens is 3. The van der Waals surface area contributed by atoms with Crippen LogP contribution in [-0.4, -0.2) is 5.11 Å². The first kappa shape index (κ1) is 12.6. The molecule has 1 N–H and O–H groups in total. The number of hydrogen-bond donors (Lipinski definition) is 1. The average Bonchev–Trinajstić information content (AvgIpc) is 2.70. The smallest absolute Gasteiger partial charge is 0.174 e. The third-order valence-corrected chi connectivity index (χ3v) is 3.44. The van der Waals surface area contributed by atoms with E-state index in [0.717, 1.165) is 0 Å². The molecule has 0 aliphatic carbocycles. The van der Waals surface area contributed by atoms with Gasteiger partial charge in [0.15, 0.2) is 4.67 Å². The lowest BCUT2D eigenvalue weighted by Gasteiger charge is -2.10. The summed E-state index contributed by atoms with van der Waals surface area (Å²) in [6.07, 6.45) is 0.910. The molecule has 2 aromatic rings. The molecule has 90 valence electrons. The van der Waals surface area contributed by atoms with E-state index in [9.17, 15) is 9.50 Å². The maximum Gasteiger partial charge on any atom is 0.174 e. The fraction of sp³-hybridized carbons (Fsp3) is 0.167. The SMILES string of the molecule is OC(Cc1cc(F)ccc1Cl)c1ccoc1Br. The summed E-state index contributed by atoms with van der Waals surface area (Å²) in [7, 11) is 0. The van der Waals surface area contributed by atoms with Crippen LogP contribution in [0.3, 0.4) is 0 Å². The second kappa shape index (κ2) is 5.21. The zero-order valence-corrected chi connectivity index (χ0v) is 11.0. The van der Waals surface area contributed by atoms with Crippen molar-refractivity contribution in [2.75, 3.05) is 0 Å². The largest absolute Gasteiger partial charge is 0.457 e. The van der Waals surface area contributed by atoms with E-state index in [2.05, 4.69) is 15.9 Å². The minimum atomic E-state index is -0.789. The summed E-state index contributed by atoms with van der Waals surface area (Å²) >= 11 is 9.11. The molecule has 0 saturated heterocycles. The van der Waals surface area contributed by atoms with Gasteiger partial charge < -0.3 is 9.52 Å². The van der Waals surface area contributed by atoms with Crippen molar-refractivity contribution in [1.29, 1.82) is 0 Å². The highest BCUT2D eigenvalue weighted by Crippen LogP contribution is 2.29. The normalized spacial score (nSPS) is 12.7. The number of benzene rings is 1. The number of aliphatic hydroxyl groups is 1. The van der Waals surface area contributed by atoms with Crippen molar-refractivity contribution in [2.24, 2.45) is 0 Å². The molecule has 0 saturated carbocycles. The minimum Gasteiger partial charge on any atom is -0.457 e. The summed E-state index contributed by atoms with van der Waals surface area (Å²) < 4.78 is 18.5. The molecule has 2 nitrogen and oxygen atoms in total. The first-order valence-corrected chi connectivity index (χ1v) is 6.10. The van der Waals surface area contributed by atoms with E-state index in [4.69, 9.17) is 16.0 Å². The van der Waals surface area contributed by atoms with E-state index in [1.807, 2.05) is 0 Å². The van der Waals surface area contributed by atoms with Crippen molar-refractivity contribution in [1.82, 2.24) is 0 Å². The second-order valence-corrected chi connectivity index (χ2v) is 4.73. The molecule has 0 radical (unpaired) electrons. The van der Waals surface area contributed by atoms with Crippen LogP contribution >= 0.6 is 27.5 Å². The Bertz CT molecular complexity index is 527. The predicted octanol–water partition coefficient (Wildman–Crippen LogP) is 4.11. The standard InChI is InChI=1S/C12H9BrClFO2/c13-12-9(3-4-17-12)11(16)6-7-5-8(15)1-2-10(7)14/h1-5,11,16H,6H2. The molecule has 2 rings (SSSR count). The van der Waals surface area contributed by atoms with Crippen LogP contribution in [0.1, 0.15) is 17.2 Å². The van der Waals surface area contributed by atoms with E-state index in [-0.39, 0.29) is 12.2 Å². The van der Waals surface area contributed by atoms with Crippen molar-refractivity contribution in [2.45, 2.75) is 12.5 Å². The zero-order chi connectivity index (χ0) is 12.4. The molecule has 17 heavy (non-hydrogen) atoms. The Balaban J connectivity index is 2.21. The van der Waals surface area contributed by atoms with Crippen LogP contribution in [0, 0.1) is 5.82 Å². The molecule has 1 aromatic carbocycles. The zero-order valence-electron chi connectivity index (χ0n) is 8.66. The summed E-state index contributed by atoms with van der Waals surface area (Å²) in [5.74, 6) is -0.372. The Morgan fingerprint density at radius 3 is 2.82 bits per heavy atom. The van der Waals surface area contributed by atoms with Crippen molar-refractivity contribution < 1.29 is 13.9 Å². The van der Waals surface area contributed by atoms with Gasteiger partial charge in [0.1, 0.15) is 5.82 Å². The van der Waals surface area contributed by atoms with Crippen LogP contribution in [0.4, 0.5) is 4.39 Å². The van der Waals surface area contributed by atoms with Gasteiger partial charge in [-0.05, 0) is 45.8 Å². The van der Waals surface area contributed by atoms with Gasteiger partial charge in [-0.2, -0.15) is 0 Å². The Morgan fingerprint density at radius 1 is 1.41 bits per heavy atom. The first-order chi connectivity index (χ1) is 8.08. The maximum absolute atomic E-state index is 13.1. The summed E-state index contributed by atoms with van der Waals surface area (Å²) in [5.41, 5.74) is 1.18. The van der Waals surface area contributed by atoms with Gasteiger partial charge in [-0.1, -0.05) is 11.6 Å². The Labute approximate surface area is 111 Å². The monoisotopic (exact) mass is 318 g/mol. The van der Waals surface area contributed by atoms with Gasteiger partial charge in [-0.15, -0.1) is 0 Å². The molecule has 1 heterocycles. The summed E-state index contributed by atoms with van der Waals surface area (Å²) in [4.78, 5) is 0. The molecule has 1 aromatic heterocycles. The van der Waals surface area contributed by atoms with Gasteiger partial charge in [-0.25, -0.2) is 4.39 Å². The third kappa shape index (κ3) is 2.89.